The van der Waals surface area contributed by atoms with Gasteiger partial charge < -0.3 is 19.7 Å². The second-order valence-corrected chi connectivity index (χ2v) is 11.2. The Labute approximate surface area is 238 Å². The number of hydrogen-bond acceptors (Lipinski definition) is 4. The van der Waals surface area contributed by atoms with E-state index in [0.29, 0.717) is 0 Å². The van der Waals surface area contributed by atoms with Crippen LogP contribution in [0.1, 0.15) is 84.0 Å². The average molecular weight is 537 g/mol. The molecule has 0 heterocycles. The van der Waals surface area contributed by atoms with Crippen molar-refractivity contribution in [1.82, 2.24) is 0 Å². The molecule has 0 atom stereocenters. The fourth-order valence-electron chi connectivity index (χ4n) is 6.26. The van der Waals surface area contributed by atoms with Crippen molar-refractivity contribution in [3.8, 4) is 11.5 Å². The number of aliphatic hydroxyl groups is 2. The zero-order valence-corrected chi connectivity index (χ0v) is 24.0. The number of aliphatic hydroxyl groups excluding tert-OH is 2. The highest BCUT2D eigenvalue weighted by atomic mass is 16.5. The fourth-order valence-corrected chi connectivity index (χ4v) is 6.26. The second-order valence-electron chi connectivity index (χ2n) is 11.2. The van der Waals surface area contributed by atoms with Crippen molar-refractivity contribution in [2.24, 2.45) is 0 Å². The molecule has 0 unspecified atom stereocenters. The van der Waals surface area contributed by atoms with Gasteiger partial charge in [0.15, 0.2) is 0 Å². The first-order valence-corrected chi connectivity index (χ1v) is 14.3. The van der Waals surface area contributed by atoms with Gasteiger partial charge in [-0.15, -0.1) is 0 Å². The molecular formula is C36H40O4. The van der Waals surface area contributed by atoms with Gasteiger partial charge in [0, 0.05) is 0 Å². The maximum Gasteiger partial charge on any atom is 0.122 e. The number of ether oxygens (including phenoxy) is 2. The molecule has 5 rings (SSSR count). The molecule has 1 aliphatic carbocycles. The average Bonchev–Trinajstić information content (AvgIpc) is 2.97. The predicted molar refractivity (Wildman–Crippen MR) is 161 cm³/mol. The number of rotatable bonds is 10. The summed E-state index contributed by atoms with van der Waals surface area (Å²) in [6, 6.07) is 30.8. The van der Waals surface area contributed by atoms with Crippen LogP contribution in [0.15, 0.2) is 84.9 Å². The van der Waals surface area contributed by atoms with E-state index in [4.69, 9.17) is 9.47 Å². The van der Waals surface area contributed by atoms with Crippen molar-refractivity contribution in [1.29, 1.82) is 0 Å². The Morgan fingerprint density at radius 3 is 1.45 bits per heavy atom. The van der Waals surface area contributed by atoms with E-state index in [1.807, 2.05) is 0 Å². The molecule has 208 valence electrons. The summed E-state index contributed by atoms with van der Waals surface area (Å²) in [6.07, 6.45) is 0.886. The molecule has 4 aromatic carbocycles. The lowest BCUT2D eigenvalue weighted by Gasteiger charge is -2.43. The van der Waals surface area contributed by atoms with E-state index in [2.05, 4.69) is 113 Å². The van der Waals surface area contributed by atoms with Crippen LogP contribution in [0, 0.1) is 0 Å². The highest BCUT2D eigenvalue weighted by Gasteiger charge is 2.44. The van der Waals surface area contributed by atoms with Crippen molar-refractivity contribution in [2.45, 2.75) is 51.4 Å². The summed E-state index contributed by atoms with van der Waals surface area (Å²) in [5, 5.41) is 18.8. The first-order valence-electron chi connectivity index (χ1n) is 14.3. The van der Waals surface area contributed by atoms with Crippen molar-refractivity contribution >= 4 is 0 Å². The van der Waals surface area contributed by atoms with Gasteiger partial charge in [-0.25, -0.2) is 0 Å². The van der Waals surface area contributed by atoms with Gasteiger partial charge >= 0.3 is 0 Å². The minimum Gasteiger partial charge on any atom is -0.491 e. The van der Waals surface area contributed by atoms with E-state index in [-0.39, 0.29) is 38.3 Å². The summed E-state index contributed by atoms with van der Waals surface area (Å²) >= 11 is 0. The van der Waals surface area contributed by atoms with Gasteiger partial charge in [0.25, 0.3) is 0 Å². The fraction of sp³-hybridized carbons (Fsp3) is 0.333. The molecule has 4 nitrogen and oxygen atoms in total. The summed E-state index contributed by atoms with van der Waals surface area (Å²) in [7, 11) is 0. The molecule has 0 amide bonds. The molecule has 0 fully saturated rings. The highest BCUT2D eigenvalue weighted by molar-refractivity contribution is 5.68. The molecule has 0 spiro atoms. The molecule has 0 aliphatic heterocycles. The minimum atomic E-state index is -0.552. The van der Waals surface area contributed by atoms with E-state index in [9.17, 15) is 10.2 Å². The van der Waals surface area contributed by atoms with Gasteiger partial charge in [0.05, 0.1) is 18.6 Å². The zero-order valence-electron chi connectivity index (χ0n) is 24.0. The summed E-state index contributed by atoms with van der Waals surface area (Å²) in [6.45, 7) is 9.23. The van der Waals surface area contributed by atoms with Crippen LogP contribution in [0.25, 0.3) is 0 Å². The van der Waals surface area contributed by atoms with Crippen molar-refractivity contribution in [3.63, 3.8) is 0 Å². The lowest BCUT2D eigenvalue weighted by molar-refractivity contribution is 0.200. The molecule has 0 bridgehead atoms. The van der Waals surface area contributed by atoms with Crippen LogP contribution in [0.3, 0.4) is 0 Å². The predicted octanol–water partition coefficient (Wildman–Crippen LogP) is 6.96. The third kappa shape index (κ3) is 4.91. The summed E-state index contributed by atoms with van der Waals surface area (Å²) in [4.78, 5) is 0. The van der Waals surface area contributed by atoms with Crippen LogP contribution < -0.4 is 9.47 Å². The van der Waals surface area contributed by atoms with E-state index in [1.54, 1.807) is 0 Å². The third-order valence-corrected chi connectivity index (χ3v) is 8.05. The van der Waals surface area contributed by atoms with Gasteiger partial charge in [-0.05, 0) is 74.9 Å². The lowest BCUT2D eigenvalue weighted by Crippen LogP contribution is -2.36. The molecule has 0 saturated heterocycles. The third-order valence-electron chi connectivity index (χ3n) is 8.05. The number of hydrogen-bond donors (Lipinski definition) is 2. The topological polar surface area (TPSA) is 58.9 Å². The molecular weight excluding hydrogens is 496 g/mol. The molecule has 4 heteroatoms. The molecule has 1 aliphatic rings. The van der Waals surface area contributed by atoms with Crippen LogP contribution in [0.2, 0.25) is 0 Å². The van der Waals surface area contributed by atoms with Gasteiger partial charge in [0.1, 0.15) is 24.7 Å². The summed E-state index contributed by atoms with van der Waals surface area (Å²) < 4.78 is 12.0. The molecule has 0 aromatic heterocycles. The summed E-state index contributed by atoms with van der Waals surface area (Å²) in [5.74, 6) is 2.10. The standard InChI is InChI=1S/C36H40O4/c1-24(2)30-22-28(13-15-34(30)39-19-17-37)36(29-14-16-35(40-20-18-38)31(23-29)25(3)4)32-11-7-5-9-26(32)21-27-10-6-8-12-33(27)36/h5-16,22-25,37-38H,17-21H2,1-4H3. The quantitative estimate of drug-likeness (QED) is 0.203. The van der Waals surface area contributed by atoms with Crippen LogP contribution in [0.4, 0.5) is 0 Å². The number of fused-ring (bicyclic) bond motifs is 2. The summed E-state index contributed by atoms with van der Waals surface area (Å²) in [5.41, 5.74) is 9.27. The Kier molecular flexibility index (Phi) is 8.30. The van der Waals surface area contributed by atoms with E-state index in [1.165, 1.54) is 33.4 Å². The Bertz CT molecular complexity index is 1360. The molecule has 40 heavy (non-hydrogen) atoms. The Morgan fingerprint density at radius 1 is 0.625 bits per heavy atom. The first kappa shape index (κ1) is 27.9. The van der Waals surface area contributed by atoms with Crippen molar-refractivity contribution < 1.29 is 19.7 Å². The molecule has 2 N–H and O–H groups in total. The molecule has 4 aromatic rings. The molecule has 0 saturated carbocycles. The van der Waals surface area contributed by atoms with E-state index < -0.39 is 5.41 Å². The Balaban J connectivity index is 1.86. The monoisotopic (exact) mass is 536 g/mol. The van der Waals surface area contributed by atoms with Gasteiger partial charge in [-0.2, -0.15) is 0 Å². The SMILES string of the molecule is CC(C)c1cc(C2(c3ccc(OCCO)c(C(C)C)c3)c3ccccc3Cc3ccccc32)ccc1OCCO. The highest BCUT2D eigenvalue weighted by Crippen LogP contribution is 2.52. The smallest absolute Gasteiger partial charge is 0.122 e. The maximum absolute atomic E-state index is 9.42. The van der Waals surface area contributed by atoms with Crippen LogP contribution >= 0.6 is 0 Å². The van der Waals surface area contributed by atoms with Crippen LogP contribution in [0.5, 0.6) is 11.5 Å². The Morgan fingerprint density at radius 2 is 1.05 bits per heavy atom. The van der Waals surface area contributed by atoms with Crippen LogP contribution in [-0.2, 0) is 11.8 Å². The second kappa shape index (κ2) is 11.9. The van der Waals surface area contributed by atoms with Crippen molar-refractivity contribution in [2.75, 3.05) is 26.4 Å². The first-order chi connectivity index (χ1) is 19.4. The van der Waals surface area contributed by atoms with E-state index in [0.717, 1.165) is 29.0 Å². The normalized spacial score (nSPS) is 13.7. The minimum absolute atomic E-state index is 0.0212. The molecule has 0 radical (unpaired) electrons. The lowest BCUT2D eigenvalue weighted by atomic mass is 9.59. The van der Waals surface area contributed by atoms with Gasteiger partial charge in [-0.3, -0.25) is 0 Å². The van der Waals surface area contributed by atoms with E-state index >= 15 is 0 Å². The zero-order chi connectivity index (χ0) is 28.3. The van der Waals surface area contributed by atoms with Gasteiger partial charge in [0.2, 0.25) is 0 Å². The largest absolute Gasteiger partial charge is 0.491 e. The number of benzene rings is 4. The van der Waals surface area contributed by atoms with Gasteiger partial charge in [-0.1, -0.05) is 100 Å². The Hall–Kier alpha value is -3.60. The van der Waals surface area contributed by atoms with Crippen molar-refractivity contribution in [3.05, 3.63) is 129 Å². The van der Waals surface area contributed by atoms with Crippen LogP contribution in [-0.4, -0.2) is 36.6 Å². The maximum atomic E-state index is 9.42.